The van der Waals surface area contributed by atoms with Crippen molar-refractivity contribution in [2.45, 2.75) is 5.60 Å². The average molecular weight is 495 g/mol. The summed E-state index contributed by atoms with van der Waals surface area (Å²) in [7, 11) is 0. The van der Waals surface area contributed by atoms with Crippen LogP contribution in [0, 0.1) is 10.1 Å². The zero-order chi connectivity index (χ0) is 26.3. The highest BCUT2D eigenvalue weighted by molar-refractivity contribution is 5.92. The molecule has 0 radical (unpaired) electrons. The molecule has 1 amide bonds. The van der Waals surface area contributed by atoms with E-state index in [-0.39, 0.29) is 17.0 Å². The summed E-state index contributed by atoms with van der Waals surface area (Å²) in [5.74, 6) is -1.13. The summed E-state index contributed by atoms with van der Waals surface area (Å²) in [6, 6.07) is 28.5. The maximum Gasteiger partial charge on any atom is 0.343 e. The number of nitrogens with zero attached hydrogens (tertiary/aromatic N) is 2. The number of ether oxygens (including phenoxy) is 1. The Hall–Kier alpha value is -5.15. The van der Waals surface area contributed by atoms with Crippen molar-refractivity contribution in [2.24, 2.45) is 5.10 Å². The first-order valence-electron chi connectivity index (χ1n) is 11.1. The Kier molecular flexibility index (Phi) is 7.46. The average Bonchev–Trinajstić information content (AvgIpc) is 2.94. The maximum absolute atomic E-state index is 13.1. The minimum atomic E-state index is -1.95. The van der Waals surface area contributed by atoms with E-state index in [0.717, 1.165) is 0 Å². The van der Waals surface area contributed by atoms with E-state index in [2.05, 4.69) is 10.5 Å². The molecule has 0 saturated heterocycles. The summed E-state index contributed by atoms with van der Waals surface area (Å²) in [4.78, 5) is 35.5. The van der Waals surface area contributed by atoms with Crippen LogP contribution in [0.25, 0.3) is 0 Å². The van der Waals surface area contributed by atoms with Crippen molar-refractivity contribution >= 4 is 23.8 Å². The van der Waals surface area contributed by atoms with Gasteiger partial charge in [-0.1, -0.05) is 60.7 Å². The number of hydrogen-bond acceptors (Lipinski definition) is 7. The van der Waals surface area contributed by atoms with Crippen LogP contribution in [-0.2, 0) is 10.4 Å². The van der Waals surface area contributed by atoms with Gasteiger partial charge >= 0.3 is 5.97 Å². The second kappa shape index (κ2) is 11.1. The van der Waals surface area contributed by atoms with Gasteiger partial charge in [-0.05, 0) is 53.1 Å². The quantitative estimate of drug-likeness (QED) is 0.124. The maximum atomic E-state index is 13.1. The molecule has 9 nitrogen and oxygen atoms in total. The standard InChI is InChI=1S/C28H21N3O6/c32-26(21-13-15-24(16-14-21)31(35)36)37-25-17-11-20(12-18-25)19-29-30-27(33)28(34,22-7-3-1-4-8-22)23-9-5-2-6-10-23/h1-19,34H,(H,30,33)/b29-19-. The summed E-state index contributed by atoms with van der Waals surface area (Å²) < 4.78 is 5.29. The number of nitro groups is 1. The van der Waals surface area contributed by atoms with Crippen LogP contribution in [0.1, 0.15) is 27.0 Å². The number of amides is 1. The molecule has 4 aromatic rings. The molecule has 0 fully saturated rings. The van der Waals surface area contributed by atoms with Gasteiger partial charge < -0.3 is 9.84 Å². The molecule has 0 aromatic heterocycles. The third-order valence-electron chi connectivity index (χ3n) is 5.50. The molecule has 2 N–H and O–H groups in total. The molecular formula is C28H21N3O6. The van der Waals surface area contributed by atoms with Crippen LogP contribution in [0.15, 0.2) is 114 Å². The van der Waals surface area contributed by atoms with Crippen molar-refractivity contribution in [3.63, 3.8) is 0 Å². The molecule has 0 heterocycles. The highest BCUT2D eigenvalue weighted by Gasteiger charge is 2.39. The van der Waals surface area contributed by atoms with Gasteiger partial charge in [-0.3, -0.25) is 14.9 Å². The fourth-order valence-electron chi connectivity index (χ4n) is 3.54. The Morgan fingerprint density at radius 3 is 1.89 bits per heavy atom. The van der Waals surface area contributed by atoms with Gasteiger partial charge in [0.2, 0.25) is 0 Å². The largest absolute Gasteiger partial charge is 0.423 e. The molecule has 37 heavy (non-hydrogen) atoms. The Bertz CT molecular complexity index is 1380. The highest BCUT2D eigenvalue weighted by atomic mass is 16.6. The Morgan fingerprint density at radius 1 is 0.838 bits per heavy atom. The van der Waals surface area contributed by atoms with Gasteiger partial charge in [0.1, 0.15) is 5.75 Å². The van der Waals surface area contributed by atoms with E-state index in [0.29, 0.717) is 16.7 Å². The van der Waals surface area contributed by atoms with Crippen molar-refractivity contribution in [1.82, 2.24) is 5.43 Å². The predicted molar refractivity (Wildman–Crippen MR) is 136 cm³/mol. The molecule has 0 saturated carbocycles. The molecular weight excluding hydrogens is 474 g/mol. The lowest BCUT2D eigenvalue weighted by atomic mass is 9.85. The third kappa shape index (κ3) is 5.75. The molecule has 0 bridgehead atoms. The SMILES string of the molecule is O=C(Oc1ccc(/C=N\NC(=O)C(O)(c2ccccc2)c2ccccc2)cc1)c1ccc([N+](=O)[O-])cc1. The number of benzene rings is 4. The fraction of sp³-hybridized carbons (Fsp3) is 0.0357. The third-order valence-corrected chi connectivity index (χ3v) is 5.50. The van der Waals surface area contributed by atoms with Gasteiger partial charge in [0, 0.05) is 12.1 Å². The predicted octanol–water partition coefficient (Wildman–Crippen LogP) is 4.20. The van der Waals surface area contributed by atoms with E-state index in [1.54, 1.807) is 72.8 Å². The first-order valence-corrected chi connectivity index (χ1v) is 11.1. The fourth-order valence-corrected chi connectivity index (χ4v) is 3.54. The molecule has 0 spiro atoms. The van der Waals surface area contributed by atoms with Crippen LogP contribution in [0.3, 0.4) is 0 Å². The van der Waals surface area contributed by atoms with Gasteiger partial charge in [0.05, 0.1) is 16.7 Å². The summed E-state index contributed by atoms with van der Waals surface area (Å²) in [5.41, 5.74) is 1.88. The van der Waals surface area contributed by atoms with Crippen molar-refractivity contribution in [2.75, 3.05) is 0 Å². The molecule has 0 aliphatic heterocycles. The first-order chi connectivity index (χ1) is 17.9. The van der Waals surface area contributed by atoms with Crippen LogP contribution in [0.2, 0.25) is 0 Å². The number of rotatable bonds is 8. The van der Waals surface area contributed by atoms with E-state index in [1.807, 2.05) is 0 Å². The van der Waals surface area contributed by atoms with Crippen molar-refractivity contribution in [3.8, 4) is 5.75 Å². The molecule has 4 rings (SSSR count). The number of hydrogen-bond donors (Lipinski definition) is 2. The lowest BCUT2D eigenvalue weighted by Crippen LogP contribution is -2.43. The van der Waals surface area contributed by atoms with Crippen LogP contribution in [0.4, 0.5) is 5.69 Å². The zero-order valence-electron chi connectivity index (χ0n) is 19.4. The summed E-state index contributed by atoms with van der Waals surface area (Å²) in [5, 5.41) is 26.1. The monoisotopic (exact) mass is 495 g/mol. The van der Waals surface area contributed by atoms with Crippen LogP contribution >= 0.6 is 0 Å². The molecule has 0 atom stereocenters. The van der Waals surface area contributed by atoms with Crippen LogP contribution < -0.4 is 10.2 Å². The Labute approximate surface area is 211 Å². The number of nitro benzene ring substituents is 1. The number of non-ortho nitro benzene ring substituents is 1. The number of nitrogens with one attached hydrogen (secondary N) is 1. The number of hydrazone groups is 1. The molecule has 4 aromatic carbocycles. The second-order valence-electron chi connectivity index (χ2n) is 7.90. The van der Waals surface area contributed by atoms with E-state index >= 15 is 0 Å². The van der Waals surface area contributed by atoms with E-state index in [9.17, 15) is 24.8 Å². The van der Waals surface area contributed by atoms with Gasteiger partial charge in [-0.25, -0.2) is 10.2 Å². The lowest BCUT2D eigenvalue weighted by Gasteiger charge is -2.27. The minimum Gasteiger partial charge on any atom is -0.423 e. The Morgan fingerprint density at radius 2 is 1.38 bits per heavy atom. The topological polar surface area (TPSA) is 131 Å². The van der Waals surface area contributed by atoms with Crippen LogP contribution in [0.5, 0.6) is 5.75 Å². The second-order valence-corrected chi connectivity index (χ2v) is 7.90. The number of carbonyl (C=O) groups excluding carboxylic acids is 2. The number of carbonyl (C=O) groups is 2. The van der Waals surface area contributed by atoms with Gasteiger partial charge in [-0.2, -0.15) is 5.10 Å². The van der Waals surface area contributed by atoms with Crippen LogP contribution in [-0.4, -0.2) is 28.1 Å². The van der Waals surface area contributed by atoms with E-state index in [1.165, 1.54) is 42.6 Å². The summed E-state index contributed by atoms with van der Waals surface area (Å²) in [6.07, 6.45) is 1.39. The van der Waals surface area contributed by atoms with Crippen molar-refractivity contribution in [3.05, 3.63) is 142 Å². The summed E-state index contributed by atoms with van der Waals surface area (Å²) in [6.45, 7) is 0. The molecule has 0 aliphatic carbocycles. The number of esters is 1. The molecule has 9 heteroatoms. The van der Waals surface area contributed by atoms with Crippen molar-refractivity contribution in [1.29, 1.82) is 0 Å². The normalized spacial score (nSPS) is 11.2. The molecule has 0 aliphatic rings. The summed E-state index contributed by atoms with van der Waals surface area (Å²) >= 11 is 0. The smallest absolute Gasteiger partial charge is 0.343 e. The van der Waals surface area contributed by atoms with Gasteiger partial charge in [-0.15, -0.1) is 0 Å². The Balaban J connectivity index is 1.42. The first kappa shape index (κ1) is 25.0. The molecule has 0 unspecified atom stereocenters. The highest BCUT2D eigenvalue weighted by Crippen LogP contribution is 2.29. The van der Waals surface area contributed by atoms with E-state index < -0.39 is 22.4 Å². The van der Waals surface area contributed by atoms with Gasteiger partial charge in [0.15, 0.2) is 5.60 Å². The number of aliphatic hydroxyl groups is 1. The minimum absolute atomic E-state index is 0.127. The van der Waals surface area contributed by atoms with Gasteiger partial charge in [0.25, 0.3) is 11.6 Å². The van der Waals surface area contributed by atoms with Crippen molar-refractivity contribution < 1.29 is 24.4 Å². The zero-order valence-corrected chi connectivity index (χ0v) is 19.4. The lowest BCUT2D eigenvalue weighted by molar-refractivity contribution is -0.384. The van der Waals surface area contributed by atoms with E-state index in [4.69, 9.17) is 4.74 Å². The molecule has 184 valence electrons.